The van der Waals surface area contributed by atoms with Crippen molar-refractivity contribution in [2.45, 2.75) is 37.0 Å². The van der Waals surface area contributed by atoms with Crippen LogP contribution in [0.2, 0.25) is 0 Å². The fourth-order valence-corrected chi connectivity index (χ4v) is 4.87. The predicted octanol–water partition coefficient (Wildman–Crippen LogP) is 2.66. The predicted molar refractivity (Wildman–Crippen MR) is 113 cm³/mol. The number of anilines is 1. The number of sulfonamides is 1. The number of benzene rings is 2. The third-order valence-electron chi connectivity index (χ3n) is 4.67. The molecule has 0 aliphatic carbocycles. The van der Waals surface area contributed by atoms with E-state index < -0.39 is 25.8 Å². The van der Waals surface area contributed by atoms with Gasteiger partial charge in [-0.2, -0.15) is 0 Å². The number of rotatable bonds is 7. The summed E-state index contributed by atoms with van der Waals surface area (Å²) in [7, 11) is -4.39. The maximum Gasteiger partial charge on any atom is 0.242 e. The first-order chi connectivity index (χ1) is 13.3. The van der Waals surface area contributed by atoms with Crippen LogP contribution in [0.3, 0.4) is 0 Å². The number of sulfone groups is 1. The van der Waals surface area contributed by atoms with Crippen molar-refractivity contribution in [3.8, 4) is 0 Å². The van der Waals surface area contributed by atoms with Gasteiger partial charge in [-0.05, 0) is 56.2 Å². The number of hydrogen-bond acceptors (Lipinski definition) is 5. The molecule has 9 heteroatoms. The van der Waals surface area contributed by atoms with Crippen LogP contribution in [0, 0.1) is 20.8 Å². The molecule has 158 valence electrons. The molecule has 0 bridgehead atoms. The van der Waals surface area contributed by atoms with E-state index in [9.17, 15) is 21.6 Å². The largest absolute Gasteiger partial charge is 0.326 e. The summed E-state index contributed by atoms with van der Waals surface area (Å²) in [5, 5.41) is 2.65. The maximum absolute atomic E-state index is 12.4. The zero-order valence-electron chi connectivity index (χ0n) is 17.2. The Morgan fingerprint density at radius 3 is 2.07 bits per heavy atom. The van der Waals surface area contributed by atoms with Crippen LogP contribution in [0.5, 0.6) is 0 Å². The van der Waals surface area contributed by atoms with Crippen LogP contribution in [0.25, 0.3) is 0 Å². The molecule has 1 amide bonds. The zero-order valence-corrected chi connectivity index (χ0v) is 18.8. The van der Waals surface area contributed by atoms with Crippen molar-refractivity contribution in [2.24, 2.45) is 0 Å². The summed E-state index contributed by atoms with van der Waals surface area (Å²) in [5.74, 6) is -0.835. The van der Waals surface area contributed by atoms with E-state index in [4.69, 9.17) is 0 Å². The second-order valence-corrected chi connectivity index (χ2v) is 11.4. The van der Waals surface area contributed by atoms with Crippen molar-refractivity contribution in [2.75, 3.05) is 25.2 Å². The Bertz CT molecular complexity index is 1120. The fraction of sp³-hybridized carbons (Fsp3) is 0.350. The van der Waals surface area contributed by atoms with Crippen molar-refractivity contribution in [3.63, 3.8) is 0 Å². The zero-order chi connectivity index (χ0) is 22.0. The van der Waals surface area contributed by atoms with Gasteiger partial charge in [0.05, 0.1) is 15.5 Å². The van der Waals surface area contributed by atoms with Gasteiger partial charge < -0.3 is 5.32 Å². The van der Waals surface area contributed by atoms with Crippen LogP contribution in [0.4, 0.5) is 5.69 Å². The van der Waals surface area contributed by atoms with Crippen LogP contribution in [0.1, 0.15) is 23.1 Å². The second kappa shape index (κ2) is 8.64. The first kappa shape index (κ1) is 23.1. The lowest BCUT2D eigenvalue weighted by molar-refractivity contribution is -0.115. The minimum Gasteiger partial charge on any atom is -0.326 e. The van der Waals surface area contributed by atoms with Crippen molar-refractivity contribution in [1.29, 1.82) is 0 Å². The molecule has 0 aliphatic rings. The van der Waals surface area contributed by atoms with Gasteiger partial charge in [-0.25, -0.2) is 21.1 Å². The molecule has 0 radical (unpaired) electrons. The standard InChI is InChI=1S/C20H26N2O5S2/c1-14-6-8-17(9-7-14)28(24,25)11-10-20(23)21-19-13-18(12-15(2)16(19)3)29(26,27)22(4)5/h6-9,12-13H,10-11H2,1-5H3,(H,21,23). The molecule has 2 aromatic carbocycles. The van der Waals surface area contributed by atoms with Gasteiger partial charge in [0.15, 0.2) is 9.84 Å². The van der Waals surface area contributed by atoms with E-state index in [-0.39, 0.29) is 22.0 Å². The SMILES string of the molecule is Cc1ccc(S(=O)(=O)CCC(=O)Nc2cc(S(=O)(=O)N(C)C)cc(C)c2C)cc1. The maximum atomic E-state index is 12.4. The van der Waals surface area contributed by atoms with Gasteiger partial charge in [-0.15, -0.1) is 0 Å². The lowest BCUT2D eigenvalue weighted by Gasteiger charge is -2.16. The lowest BCUT2D eigenvalue weighted by atomic mass is 10.1. The third kappa shape index (κ3) is 5.43. The van der Waals surface area contributed by atoms with E-state index in [1.165, 1.54) is 32.3 Å². The topological polar surface area (TPSA) is 101 Å². The van der Waals surface area contributed by atoms with E-state index in [0.29, 0.717) is 11.3 Å². The van der Waals surface area contributed by atoms with E-state index in [1.807, 2.05) is 6.92 Å². The molecule has 0 atom stereocenters. The van der Waals surface area contributed by atoms with E-state index in [2.05, 4.69) is 5.32 Å². The molecule has 0 aromatic heterocycles. The van der Waals surface area contributed by atoms with Crippen molar-refractivity contribution >= 4 is 31.5 Å². The first-order valence-electron chi connectivity index (χ1n) is 8.97. The van der Waals surface area contributed by atoms with Crippen molar-refractivity contribution < 1.29 is 21.6 Å². The van der Waals surface area contributed by atoms with Crippen LogP contribution < -0.4 is 5.32 Å². The highest BCUT2D eigenvalue weighted by molar-refractivity contribution is 7.91. The van der Waals surface area contributed by atoms with Gasteiger partial charge in [0.25, 0.3) is 0 Å². The lowest BCUT2D eigenvalue weighted by Crippen LogP contribution is -2.23. The van der Waals surface area contributed by atoms with Crippen LogP contribution in [-0.2, 0) is 24.7 Å². The third-order valence-corrected chi connectivity index (χ3v) is 8.20. The summed E-state index contributed by atoms with van der Waals surface area (Å²) < 4.78 is 50.7. The van der Waals surface area contributed by atoms with Gasteiger partial charge in [-0.1, -0.05) is 17.7 Å². The minimum atomic E-state index is -3.66. The Morgan fingerprint density at radius 1 is 0.931 bits per heavy atom. The molecular formula is C20H26N2O5S2. The van der Waals surface area contributed by atoms with E-state index in [0.717, 1.165) is 15.4 Å². The smallest absolute Gasteiger partial charge is 0.242 e. The molecule has 1 N–H and O–H groups in total. The average molecular weight is 439 g/mol. The summed E-state index contributed by atoms with van der Waals surface area (Å²) in [4.78, 5) is 12.6. The highest BCUT2D eigenvalue weighted by Gasteiger charge is 2.21. The average Bonchev–Trinajstić information content (AvgIpc) is 2.64. The Morgan fingerprint density at radius 2 is 1.52 bits per heavy atom. The number of nitrogens with zero attached hydrogens (tertiary/aromatic N) is 1. The highest BCUT2D eigenvalue weighted by Crippen LogP contribution is 2.26. The summed E-state index contributed by atoms with van der Waals surface area (Å²) in [6.45, 7) is 5.38. The van der Waals surface area contributed by atoms with Gasteiger partial charge in [-0.3, -0.25) is 4.79 Å². The normalized spacial score (nSPS) is 12.2. The highest BCUT2D eigenvalue weighted by atomic mass is 32.2. The number of nitrogens with one attached hydrogen (secondary N) is 1. The van der Waals surface area contributed by atoms with E-state index >= 15 is 0 Å². The van der Waals surface area contributed by atoms with Gasteiger partial charge in [0, 0.05) is 26.2 Å². The summed E-state index contributed by atoms with van der Waals surface area (Å²) >= 11 is 0. The Kier molecular flexibility index (Phi) is 6.87. The molecule has 0 spiro atoms. The number of aryl methyl sites for hydroxylation is 2. The monoisotopic (exact) mass is 438 g/mol. The number of carbonyl (C=O) groups excluding carboxylic acids is 1. The molecular weight excluding hydrogens is 412 g/mol. The molecule has 0 aliphatic heterocycles. The van der Waals surface area contributed by atoms with Crippen LogP contribution >= 0.6 is 0 Å². The number of carbonyl (C=O) groups is 1. The molecule has 29 heavy (non-hydrogen) atoms. The molecule has 0 saturated carbocycles. The Labute approximate surface area is 172 Å². The van der Waals surface area contributed by atoms with Gasteiger partial charge in [0.2, 0.25) is 15.9 Å². The molecule has 2 rings (SSSR count). The van der Waals surface area contributed by atoms with Crippen LogP contribution in [-0.4, -0.2) is 46.9 Å². The molecule has 0 heterocycles. The number of amides is 1. The summed E-state index contributed by atoms with van der Waals surface area (Å²) in [6.07, 6.45) is -0.237. The van der Waals surface area contributed by atoms with Crippen molar-refractivity contribution in [3.05, 3.63) is 53.1 Å². The molecule has 0 fully saturated rings. The molecule has 0 saturated heterocycles. The molecule has 7 nitrogen and oxygen atoms in total. The number of hydrogen-bond donors (Lipinski definition) is 1. The quantitative estimate of drug-likeness (QED) is 0.716. The van der Waals surface area contributed by atoms with Crippen molar-refractivity contribution in [1.82, 2.24) is 4.31 Å². The summed E-state index contributed by atoms with van der Waals surface area (Å²) in [5.41, 5.74) is 2.72. The fourth-order valence-electron chi connectivity index (χ4n) is 2.62. The van der Waals surface area contributed by atoms with Crippen LogP contribution in [0.15, 0.2) is 46.2 Å². The molecule has 2 aromatic rings. The second-order valence-electron chi connectivity index (χ2n) is 7.13. The molecule has 0 unspecified atom stereocenters. The van der Waals surface area contributed by atoms with Gasteiger partial charge >= 0.3 is 0 Å². The van der Waals surface area contributed by atoms with E-state index in [1.54, 1.807) is 32.0 Å². The van der Waals surface area contributed by atoms with Gasteiger partial charge in [0.1, 0.15) is 0 Å². The Hall–Kier alpha value is -2.23. The minimum absolute atomic E-state index is 0.0631. The Balaban J connectivity index is 2.18. The summed E-state index contributed by atoms with van der Waals surface area (Å²) in [6, 6.07) is 9.38. The first-order valence-corrected chi connectivity index (χ1v) is 12.1.